The van der Waals surface area contributed by atoms with Gasteiger partial charge in [-0.25, -0.2) is 4.39 Å². The third-order valence-corrected chi connectivity index (χ3v) is 5.51. The number of halogens is 5. The van der Waals surface area contributed by atoms with Crippen molar-refractivity contribution < 1.29 is 17.6 Å². The van der Waals surface area contributed by atoms with Crippen molar-refractivity contribution in [2.24, 2.45) is 0 Å². The van der Waals surface area contributed by atoms with Gasteiger partial charge in [0.25, 0.3) is 0 Å². The van der Waals surface area contributed by atoms with E-state index in [2.05, 4.69) is 9.97 Å². The Labute approximate surface area is 181 Å². The van der Waals surface area contributed by atoms with Gasteiger partial charge in [-0.1, -0.05) is 42.5 Å². The van der Waals surface area contributed by atoms with Gasteiger partial charge in [0.2, 0.25) is 0 Å². The van der Waals surface area contributed by atoms with Gasteiger partial charge in [0.15, 0.2) is 0 Å². The van der Waals surface area contributed by atoms with E-state index >= 15 is 0 Å². The number of alkyl halides is 3. The first-order valence-corrected chi connectivity index (χ1v) is 9.42. The lowest BCUT2D eigenvalue weighted by Gasteiger charge is -2.18. The predicted molar refractivity (Wildman–Crippen MR) is 116 cm³/mol. The summed E-state index contributed by atoms with van der Waals surface area (Å²) in [6.07, 6.45) is -0.804. The highest BCUT2D eigenvalue weighted by Gasteiger charge is 2.31. The van der Waals surface area contributed by atoms with Crippen LogP contribution in [0.1, 0.15) is 28.2 Å². The molecule has 3 aromatic carbocycles. The molecule has 0 spiro atoms. The molecule has 0 fully saturated rings. The molecule has 31 heavy (non-hydrogen) atoms. The molecule has 2 aromatic heterocycles. The Bertz CT molecular complexity index is 1350. The highest BCUT2D eigenvalue weighted by molar-refractivity contribution is 5.89. The molecule has 5 aromatic rings. The fraction of sp³-hybridized carbons (Fsp3) is 0.0833. The molecular formula is C24H17ClF4N2. The van der Waals surface area contributed by atoms with Crippen molar-refractivity contribution in [2.75, 3.05) is 0 Å². The minimum Gasteiger partial charge on any atom is -0.361 e. The summed E-state index contributed by atoms with van der Waals surface area (Å²) >= 11 is 0. The molecule has 7 heteroatoms. The molecule has 2 nitrogen and oxygen atoms in total. The maximum Gasteiger partial charge on any atom is 0.416 e. The van der Waals surface area contributed by atoms with Gasteiger partial charge in [-0.2, -0.15) is 13.2 Å². The van der Waals surface area contributed by atoms with E-state index in [0.717, 1.165) is 34.2 Å². The third-order valence-electron chi connectivity index (χ3n) is 5.51. The average molecular weight is 445 g/mol. The fourth-order valence-corrected chi connectivity index (χ4v) is 4.10. The van der Waals surface area contributed by atoms with E-state index in [9.17, 15) is 17.6 Å². The highest BCUT2D eigenvalue weighted by Crippen LogP contribution is 2.40. The zero-order chi connectivity index (χ0) is 20.9. The maximum absolute atomic E-state index is 14.3. The van der Waals surface area contributed by atoms with Crippen LogP contribution in [0.15, 0.2) is 79.1 Å². The van der Waals surface area contributed by atoms with Gasteiger partial charge in [-0.3, -0.25) is 0 Å². The Morgan fingerprint density at radius 2 is 1.35 bits per heavy atom. The zero-order valence-corrected chi connectivity index (χ0v) is 16.8. The second-order valence-electron chi connectivity index (χ2n) is 7.25. The van der Waals surface area contributed by atoms with Gasteiger partial charge in [0.1, 0.15) is 5.82 Å². The monoisotopic (exact) mass is 444 g/mol. The molecule has 2 heterocycles. The number of benzene rings is 3. The van der Waals surface area contributed by atoms with Gasteiger partial charge >= 0.3 is 6.18 Å². The molecule has 0 aliphatic rings. The Balaban J connectivity index is 0.00000231. The van der Waals surface area contributed by atoms with Gasteiger partial charge in [0, 0.05) is 34.6 Å². The molecule has 0 amide bonds. The molecule has 0 aliphatic heterocycles. The molecular weight excluding hydrogens is 428 g/mol. The van der Waals surface area contributed by atoms with Crippen molar-refractivity contribution in [1.82, 2.24) is 9.97 Å². The van der Waals surface area contributed by atoms with Crippen molar-refractivity contribution in [1.29, 1.82) is 0 Å². The standard InChI is InChI=1S/C24H16F4N2.ClH/c25-20-6-3-5-17-19(13-30-23(17)20)22(14-8-10-15(11-9-14)24(26,27)28)18-12-29-21-7-2-1-4-16(18)21;/h1-13,22,29-30H;1H. The topological polar surface area (TPSA) is 31.6 Å². The van der Waals surface area contributed by atoms with E-state index in [1.165, 1.54) is 18.2 Å². The van der Waals surface area contributed by atoms with Crippen LogP contribution < -0.4 is 0 Å². The summed E-state index contributed by atoms with van der Waals surface area (Å²) in [5.74, 6) is -0.747. The van der Waals surface area contributed by atoms with E-state index in [4.69, 9.17) is 0 Å². The van der Waals surface area contributed by atoms with Crippen molar-refractivity contribution >= 4 is 34.2 Å². The first-order chi connectivity index (χ1) is 14.4. The maximum atomic E-state index is 14.3. The fourth-order valence-electron chi connectivity index (χ4n) is 4.10. The molecule has 158 valence electrons. The van der Waals surface area contributed by atoms with Crippen LogP contribution in [0.4, 0.5) is 17.6 Å². The minimum absolute atomic E-state index is 0. The number of hydrogen-bond acceptors (Lipinski definition) is 0. The first-order valence-electron chi connectivity index (χ1n) is 9.42. The molecule has 1 unspecified atom stereocenters. The van der Waals surface area contributed by atoms with E-state index in [1.54, 1.807) is 12.3 Å². The van der Waals surface area contributed by atoms with E-state index in [-0.39, 0.29) is 24.1 Å². The van der Waals surface area contributed by atoms with Gasteiger partial charge in [-0.15, -0.1) is 12.4 Å². The number of aromatic nitrogens is 2. The van der Waals surface area contributed by atoms with Crippen LogP contribution in [-0.2, 0) is 6.18 Å². The van der Waals surface area contributed by atoms with Crippen LogP contribution in [0.2, 0.25) is 0 Å². The Hall–Kier alpha value is -3.25. The summed E-state index contributed by atoms with van der Waals surface area (Å²) in [6.45, 7) is 0. The Kier molecular flexibility index (Phi) is 5.27. The van der Waals surface area contributed by atoms with E-state index < -0.39 is 11.7 Å². The second kappa shape index (κ2) is 7.78. The minimum atomic E-state index is -4.40. The number of nitrogens with one attached hydrogen (secondary N) is 2. The number of fused-ring (bicyclic) bond motifs is 2. The molecule has 0 bridgehead atoms. The molecule has 0 radical (unpaired) electrons. The number of rotatable bonds is 3. The van der Waals surface area contributed by atoms with Crippen LogP contribution in [0.3, 0.4) is 0 Å². The summed E-state index contributed by atoms with van der Waals surface area (Å²) in [4.78, 5) is 6.22. The summed E-state index contributed by atoms with van der Waals surface area (Å²) in [6, 6.07) is 17.7. The Morgan fingerprint density at radius 3 is 2.10 bits per heavy atom. The largest absolute Gasteiger partial charge is 0.416 e. The summed E-state index contributed by atoms with van der Waals surface area (Å²) in [7, 11) is 0. The smallest absolute Gasteiger partial charge is 0.361 e. The molecule has 0 saturated carbocycles. The van der Waals surface area contributed by atoms with E-state index in [1.807, 2.05) is 36.5 Å². The third kappa shape index (κ3) is 3.57. The molecule has 0 aliphatic carbocycles. The number of H-pyrrole nitrogens is 2. The van der Waals surface area contributed by atoms with E-state index in [0.29, 0.717) is 16.5 Å². The van der Waals surface area contributed by atoms with Crippen molar-refractivity contribution in [3.05, 3.63) is 107 Å². The lowest BCUT2D eigenvalue weighted by molar-refractivity contribution is -0.137. The van der Waals surface area contributed by atoms with Crippen LogP contribution in [-0.4, -0.2) is 9.97 Å². The lowest BCUT2D eigenvalue weighted by atomic mass is 9.84. The van der Waals surface area contributed by atoms with Gasteiger partial charge in [0.05, 0.1) is 11.1 Å². The number of aromatic amines is 2. The SMILES string of the molecule is Cl.Fc1cccc2c(C(c3ccc(C(F)(F)F)cc3)c3c[nH]c4ccccc34)c[nH]c12. The van der Waals surface area contributed by atoms with Gasteiger partial charge < -0.3 is 9.97 Å². The number of hydrogen-bond donors (Lipinski definition) is 2. The first kappa shape index (κ1) is 21.0. The van der Waals surface area contributed by atoms with Crippen LogP contribution >= 0.6 is 12.4 Å². The number of para-hydroxylation sites is 2. The average Bonchev–Trinajstić information content (AvgIpc) is 3.34. The zero-order valence-electron chi connectivity index (χ0n) is 16.0. The summed E-state index contributed by atoms with van der Waals surface area (Å²) < 4.78 is 53.5. The molecule has 1 atom stereocenters. The second-order valence-corrected chi connectivity index (χ2v) is 7.25. The quantitative estimate of drug-likeness (QED) is 0.271. The van der Waals surface area contributed by atoms with Crippen molar-refractivity contribution in [2.45, 2.75) is 12.1 Å². The summed E-state index contributed by atoms with van der Waals surface area (Å²) in [5.41, 5.74) is 3.01. The normalized spacial score (nSPS) is 12.8. The van der Waals surface area contributed by atoms with Crippen LogP contribution in [0, 0.1) is 5.82 Å². The van der Waals surface area contributed by atoms with Crippen molar-refractivity contribution in [3.8, 4) is 0 Å². The van der Waals surface area contributed by atoms with Crippen LogP contribution in [0.5, 0.6) is 0 Å². The predicted octanol–water partition coefficient (Wildman–Crippen LogP) is 7.41. The molecule has 2 N–H and O–H groups in total. The van der Waals surface area contributed by atoms with Crippen LogP contribution in [0.25, 0.3) is 21.8 Å². The highest BCUT2D eigenvalue weighted by atomic mass is 35.5. The lowest BCUT2D eigenvalue weighted by Crippen LogP contribution is -2.07. The Morgan fingerprint density at radius 1 is 0.710 bits per heavy atom. The van der Waals surface area contributed by atoms with Crippen molar-refractivity contribution in [3.63, 3.8) is 0 Å². The molecule has 0 saturated heterocycles. The summed E-state index contributed by atoms with van der Waals surface area (Å²) in [5, 5.41) is 1.67. The molecule has 5 rings (SSSR count). The van der Waals surface area contributed by atoms with Gasteiger partial charge in [-0.05, 0) is 41.0 Å².